The third kappa shape index (κ3) is 6.55. The van der Waals surface area contributed by atoms with Crippen LogP contribution in [0.1, 0.15) is 16.7 Å². The van der Waals surface area contributed by atoms with Crippen LogP contribution in [-0.4, -0.2) is 5.97 Å². The van der Waals surface area contributed by atoms with Gasteiger partial charge in [-0.15, -0.1) is 0 Å². The molecule has 0 atom stereocenters. The summed E-state index contributed by atoms with van der Waals surface area (Å²) in [6.45, 7) is 2.32. The van der Waals surface area contributed by atoms with Crippen LogP contribution < -0.4 is 19.6 Å². The van der Waals surface area contributed by atoms with E-state index in [0.29, 0.717) is 28.5 Å². The van der Waals surface area contributed by atoms with Crippen molar-refractivity contribution in [2.24, 2.45) is 0 Å². The highest BCUT2D eigenvalue weighted by molar-refractivity contribution is 6.31. The van der Waals surface area contributed by atoms with Gasteiger partial charge in [0.2, 0.25) is 11.2 Å². The van der Waals surface area contributed by atoms with Crippen molar-refractivity contribution in [2.45, 2.75) is 13.5 Å². The second kappa shape index (κ2) is 11.7. The van der Waals surface area contributed by atoms with Gasteiger partial charge in [0.25, 0.3) is 0 Å². The molecule has 194 valence electrons. The summed E-state index contributed by atoms with van der Waals surface area (Å²) in [5, 5.41) is 0.966. The monoisotopic (exact) mass is 538 g/mol. The summed E-state index contributed by atoms with van der Waals surface area (Å²) in [5.41, 5.74) is 2.72. The number of rotatable bonds is 8. The zero-order chi connectivity index (χ0) is 27.2. The van der Waals surface area contributed by atoms with E-state index in [1.165, 1.54) is 30.5 Å². The molecule has 0 bridgehead atoms. The number of fused-ring (bicyclic) bond motifs is 1. The van der Waals surface area contributed by atoms with Crippen LogP contribution >= 0.6 is 11.6 Å². The molecule has 5 rings (SSSR count). The lowest BCUT2D eigenvalue weighted by Crippen LogP contribution is -2.06. The lowest BCUT2D eigenvalue weighted by atomic mass is 10.2. The topological polar surface area (TPSA) is 75.0 Å². The smallest absolute Gasteiger partial charge is 0.336 e. The van der Waals surface area contributed by atoms with E-state index in [4.69, 9.17) is 30.2 Å². The number of carbonyl (C=O) groups excluding carboxylic acids is 1. The lowest BCUT2D eigenvalue weighted by Gasteiger charge is -2.08. The Morgan fingerprint density at radius 2 is 1.62 bits per heavy atom. The molecule has 6 nitrogen and oxygen atoms in total. The average Bonchev–Trinajstić information content (AvgIpc) is 2.95. The molecule has 0 fully saturated rings. The maximum atomic E-state index is 12.8. The highest BCUT2D eigenvalue weighted by atomic mass is 35.5. The number of benzene rings is 4. The van der Waals surface area contributed by atoms with Gasteiger partial charge in [0, 0.05) is 22.7 Å². The minimum absolute atomic E-state index is 0.0688. The Bertz CT molecular complexity index is 1700. The molecular weight excluding hydrogens is 516 g/mol. The van der Waals surface area contributed by atoms with Crippen LogP contribution in [0.5, 0.6) is 23.0 Å². The summed E-state index contributed by atoms with van der Waals surface area (Å²) >= 11 is 6.16. The number of carbonyl (C=O) groups is 1. The van der Waals surface area contributed by atoms with Crippen molar-refractivity contribution in [3.05, 3.63) is 135 Å². The average molecular weight is 539 g/mol. The molecule has 0 aliphatic carbocycles. The zero-order valence-corrected chi connectivity index (χ0v) is 21.7. The molecule has 7 heteroatoms. The molecule has 0 radical (unpaired) electrons. The van der Waals surface area contributed by atoms with Crippen LogP contribution in [0.25, 0.3) is 17.0 Å². The van der Waals surface area contributed by atoms with E-state index >= 15 is 0 Å². The fourth-order valence-corrected chi connectivity index (χ4v) is 3.91. The number of halogens is 1. The number of ether oxygens (including phenoxy) is 3. The first kappa shape index (κ1) is 25.8. The maximum Gasteiger partial charge on any atom is 0.336 e. The van der Waals surface area contributed by atoms with E-state index in [0.717, 1.165) is 16.7 Å². The van der Waals surface area contributed by atoms with Crippen molar-refractivity contribution in [2.75, 3.05) is 0 Å². The molecule has 0 saturated heterocycles. The molecular formula is C32H23ClO6. The van der Waals surface area contributed by atoms with Gasteiger partial charge in [-0.05, 0) is 61.0 Å². The van der Waals surface area contributed by atoms with Gasteiger partial charge >= 0.3 is 5.97 Å². The molecule has 0 unspecified atom stereocenters. The Morgan fingerprint density at radius 3 is 2.38 bits per heavy atom. The van der Waals surface area contributed by atoms with Gasteiger partial charge in [-0.25, -0.2) is 4.79 Å². The van der Waals surface area contributed by atoms with Gasteiger partial charge in [-0.2, -0.15) is 0 Å². The molecule has 1 heterocycles. The standard InChI is InChI=1S/C32H23ClO6/c1-21-6-11-25(12-7-21)38-30-20-37-29-18-26(15-16-27(29)32(30)35)39-31(34)17-10-22-8-13-24(14-9-22)36-19-23-4-2-3-5-28(23)33/h2-18,20H,19H2,1H3/b17-10+. The van der Waals surface area contributed by atoms with Crippen LogP contribution in [0.4, 0.5) is 0 Å². The lowest BCUT2D eigenvalue weighted by molar-refractivity contribution is -0.128. The Hall–Kier alpha value is -4.81. The van der Waals surface area contributed by atoms with Crippen molar-refractivity contribution in [3.8, 4) is 23.0 Å². The van der Waals surface area contributed by atoms with Crippen LogP contribution in [0, 0.1) is 6.92 Å². The Balaban J connectivity index is 1.19. The molecule has 4 aromatic carbocycles. The largest absolute Gasteiger partial charge is 0.489 e. The minimum atomic E-state index is -0.574. The summed E-state index contributed by atoms with van der Waals surface area (Å²) in [4.78, 5) is 25.2. The molecule has 0 aliphatic heterocycles. The van der Waals surface area contributed by atoms with Crippen molar-refractivity contribution in [3.63, 3.8) is 0 Å². The second-order valence-electron chi connectivity index (χ2n) is 8.71. The van der Waals surface area contributed by atoms with Crippen LogP contribution in [-0.2, 0) is 11.4 Å². The van der Waals surface area contributed by atoms with Gasteiger partial charge in [0.1, 0.15) is 35.7 Å². The molecule has 0 N–H and O–H groups in total. The van der Waals surface area contributed by atoms with E-state index in [-0.39, 0.29) is 22.5 Å². The number of hydrogen-bond donors (Lipinski definition) is 0. The quantitative estimate of drug-likeness (QED) is 0.114. The van der Waals surface area contributed by atoms with Crippen molar-refractivity contribution in [1.82, 2.24) is 0 Å². The fraction of sp³-hybridized carbons (Fsp3) is 0.0625. The summed E-state index contributed by atoms with van der Waals surface area (Å²) in [7, 11) is 0. The molecule has 1 aromatic heterocycles. The third-order valence-corrected chi connectivity index (χ3v) is 6.19. The summed E-state index contributed by atoms with van der Waals surface area (Å²) < 4.78 is 22.4. The van der Waals surface area contributed by atoms with E-state index in [1.54, 1.807) is 18.2 Å². The maximum absolute atomic E-state index is 12.8. The van der Waals surface area contributed by atoms with Gasteiger partial charge in [-0.3, -0.25) is 4.79 Å². The normalized spacial score (nSPS) is 11.0. The first-order chi connectivity index (χ1) is 18.9. The second-order valence-corrected chi connectivity index (χ2v) is 9.11. The first-order valence-electron chi connectivity index (χ1n) is 12.1. The van der Waals surface area contributed by atoms with E-state index in [2.05, 4.69) is 0 Å². The molecule has 0 saturated carbocycles. The van der Waals surface area contributed by atoms with Gasteiger partial charge in [0.05, 0.1) is 5.39 Å². The Morgan fingerprint density at radius 1 is 0.897 bits per heavy atom. The summed E-state index contributed by atoms with van der Waals surface area (Å²) in [6.07, 6.45) is 4.20. The first-order valence-corrected chi connectivity index (χ1v) is 12.5. The van der Waals surface area contributed by atoms with Crippen LogP contribution in [0.2, 0.25) is 5.02 Å². The van der Waals surface area contributed by atoms with Crippen LogP contribution in [0.3, 0.4) is 0 Å². The van der Waals surface area contributed by atoms with Crippen molar-refractivity contribution >= 4 is 34.6 Å². The molecule has 0 spiro atoms. The summed E-state index contributed by atoms with van der Waals surface area (Å²) in [6, 6.07) is 26.7. The fourth-order valence-electron chi connectivity index (χ4n) is 3.72. The van der Waals surface area contributed by atoms with E-state index in [1.807, 2.05) is 67.6 Å². The predicted octanol–water partition coefficient (Wildman–Crippen LogP) is 7.74. The van der Waals surface area contributed by atoms with Gasteiger partial charge < -0.3 is 18.6 Å². The third-order valence-electron chi connectivity index (χ3n) is 5.83. The highest BCUT2D eigenvalue weighted by Crippen LogP contribution is 2.25. The van der Waals surface area contributed by atoms with Crippen molar-refractivity contribution in [1.29, 1.82) is 0 Å². The van der Waals surface area contributed by atoms with Crippen LogP contribution in [0.15, 0.2) is 113 Å². The number of esters is 1. The molecule has 39 heavy (non-hydrogen) atoms. The van der Waals surface area contributed by atoms with Crippen molar-refractivity contribution < 1.29 is 23.4 Å². The molecule has 5 aromatic rings. The highest BCUT2D eigenvalue weighted by Gasteiger charge is 2.11. The Kier molecular flexibility index (Phi) is 7.75. The zero-order valence-electron chi connectivity index (χ0n) is 20.9. The minimum Gasteiger partial charge on any atom is -0.489 e. The van der Waals surface area contributed by atoms with E-state index in [9.17, 15) is 9.59 Å². The SMILES string of the molecule is Cc1ccc(Oc2coc3cc(OC(=O)/C=C/c4ccc(OCc5ccccc5Cl)cc4)ccc3c2=O)cc1. The number of hydrogen-bond acceptors (Lipinski definition) is 6. The van der Waals surface area contributed by atoms with Gasteiger partial charge in [0.15, 0.2) is 0 Å². The van der Waals surface area contributed by atoms with E-state index < -0.39 is 5.97 Å². The molecule has 0 aliphatic rings. The number of aryl methyl sites for hydroxylation is 1. The summed E-state index contributed by atoms with van der Waals surface area (Å²) in [5.74, 6) is 0.953. The predicted molar refractivity (Wildman–Crippen MR) is 151 cm³/mol. The Labute approximate surface area is 229 Å². The molecule has 0 amide bonds. The van der Waals surface area contributed by atoms with Gasteiger partial charge in [-0.1, -0.05) is 59.6 Å².